The molecule has 0 aliphatic carbocycles. The molecule has 1 rings (SSSR count). The third kappa shape index (κ3) is 4.11. The topological polar surface area (TPSA) is 41.9 Å². The van der Waals surface area contributed by atoms with Crippen LogP contribution in [0.1, 0.15) is 32.4 Å². The number of hydrogen-bond acceptors (Lipinski definition) is 4. The molecule has 0 heterocycles. The highest BCUT2D eigenvalue weighted by Gasteiger charge is 2.17. The lowest BCUT2D eigenvalue weighted by molar-refractivity contribution is 0.153. The van der Waals surface area contributed by atoms with Crippen LogP contribution in [0.2, 0.25) is 0 Å². The zero-order valence-electron chi connectivity index (χ0n) is 12.3. The molecule has 0 unspecified atom stereocenters. The number of nitrogens with zero attached hydrogens (tertiary/aromatic N) is 1. The number of hydrogen-bond donors (Lipinski definition) is 1. The fourth-order valence-corrected chi connectivity index (χ4v) is 2.17. The first-order valence-electron chi connectivity index (χ1n) is 6.83. The molecule has 0 aliphatic heterocycles. The van der Waals surface area contributed by atoms with Crippen LogP contribution in [0.4, 0.5) is 5.69 Å². The zero-order valence-corrected chi connectivity index (χ0v) is 12.3. The van der Waals surface area contributed by atoms with Gasteiger partial charge in [0.15, 0.2) is 0 Å². The lowest BCUT2D eigenvalue weighted by Gasteiger charge is -2.27. The lowest BCUT2D eigenvalue weighted by atomic mass is 10.1. The van der Waals surface area contributed by atoms with Crippen molar-refractivity contribution in [2.75, 3.05) is 38.3 Å². The Morgan fingerprint density at radius 1 is 1.32 bits per heavy atom. The maximum Gasteiger partial charge on any atom is 0.126 e. The van der Waals surface area contributed by atoms with E-state index in [0.717, 1.165) is 36.7 Å². The Labute approximate surface area is 115 Å². The second-order valence-electron chi connectivity index (χ2n) is 4.35. The lowest BCUT2D eigenvalue weighted by Crippen LogP contribution is -2.28. The predicted octanol–water partition coefficient (Wildman–Crippen LogP) is 2.61. The minimum atomic E-state index is -0.563. The smallest absolute Gasteiger partial charge is 0.126 e. The summed E-state index contributed by atoms with van der Waals surface area (Å²) >= 11 is 0. The largest absolute Gasteiger partial charge is 0.496 e. The summed E-state index contributed by atoms with van der Waals surface area (Å²) in [6, 6.07) is 5.84. The van der Waals surface area contributed by atoms with Crippen LogP contribution in [-0.4, -0.2) is 38.5 Å². The molecule has 0 radical (unpaired) electrons. The van der Waals surface area contributed by atoms with Crippen LogP contribution >= 0.6 is 0 Å². The summed E-state index contributed by atoms with van der Waals surface area (Å²) in [5.41, 5.74) is 1.85. The first-order valence-corrected chi connectivity index (χ1v) is 6.83. The van der Waals surface area contributed by atoms with Crippen molar-refractivity contribution in [1.29, 1.82) is 0 Å². The average Bonchev–Trinajstić information content (AvgIpc) is 2.42. The van der Waals surface area contributed by atoms with E-state index in [1.807, 2.05) is 25.1 Å². The molecule has 1 aromatic carbocycles. The first-order chi connectivity index (χ1) is 9.15. The van der Waals surface area contributed by atoms with Gasteiger partial charge in [-0.2, -0.15) is 0 Å². The van der Waals surface area contributed by atoms with Crippen LogP contribution in [0.25, 0.3) is 0 Å². The molecule has 1 atom stereocenters. The van der Waals surface area contributed by atoms with Crippen molar-refractivity contribution >= 4 is 5.69 Å². The summed E-state index contributed by atoms with van der Waals surface area (Å²) < 4.78 is 10.8. The van der Waals surface area contributed by atoms with Crippen LogP contribution in [-0.2, 0) is 4.74 Å². The van der Waals surface area contributed by atoms with Crippen molar-refractivity contribution < 1.29 is 14.6 Å². The molecule has 0 fully saturated rings. The van der Waals surface area contributed by atoms with Crippen molar-refractivity contribution in [2.24, 2.45) is 0 Å². The van der Waals surface area contributed by atoms with Gasteiger partial charge in [0, 0.05) is 30.9 Å². The maximum absolute atomic E-state index is 9.99. The van der Waals surface area contributed by atoms with Crippen LogP contribution in [0.3, 0.4) is 0 Å². The number of anilines is 1. The highest BCUT2D eigenvalue weighted by Crippen LogP contribution is 2.34. The van der Waals surface area contributed by atoms with Crippen molar-refractivity contribution in [3.63, 3.8) is 0 Å². The number of ether oxygens (including phenoxy) is 2. The molecule has 4 heteroatoms. The van der Waals surface area contributed by atoms with Gasteiger partial charge in [-0.25, -0.2) is 0 Å². The molecule has 0 amide bonds. The Hall–Kier alpha value is -1.26. The highest BCUT2D eigenvalue weighted by molar-refractivity contribution is 5.60. The fraction of sp³-hybridized carbons (Fsp3) is 0.600. The Bertz CT molecular complexity index is 380. The quantitative estimate of drug-likeness (QED) is 0.735. The molecular formula is C15H25NO3. The van der Waals surface area contributed by atoms with Crippen LogP contribution in [0.15, 0.2) is 18.2 Å². The average molecular weight is 267 g/mol. The van der Waals surface area contributed by atoms with Crippen molar-refractivity contribution in [2.45, 2.75) is 26.9 Å². The summed E-state index contributed by atoms with van der Waals surface area (Å²) in [6.45, 7) is 8.91. The number of rotatable bonds is 8. The van der Waals surface area contributed by atoms with E-state index in [2.05, 4.69) is 11.8 Å². The Morgan fingerprint density at radius 2 is 2.05 bits per heavy atom. The normalized spacial score (nSPS) is 12.3. The third-order valence-corrected chi connectivity index (χ3v) is 3.11. The van der Waals surface area contributed by atoms with Crippen molar-refractivity contribution in [3.8, 4) is 5.75 Å². The SMILES string of the molecule is CCOCCN(CC)c1cccc(OC)c1[C@@H](C)O. The highest BCUT2D eigenvalue weighted by atomic mass is 16.5. The minimum absolute atomic E-state index is 0.563. The summed E-state index contributed by atoms with van der Waals surface area (Å²) in [6.07, 6.45) is -0.563. The molecule has 0 saturated carbocycles. The summed E-state index contributed by atoms with van der Waals surface area (Å²) in [5, 5.41) is 9.99. The molecule has 0 spiro atoms. The van der Waals surface area contributed by atoms with Gasteiger partial charge in [0.2, 0.25) is 0 Å². The van der Waals surface area contributed by atoms with E-state index in [4.69, 9.17) is 9.47 Å². The molecular weight excluding hydrogens is 242 g/mol. The molecule has 0 bridgehead atoms. The molecule has 1 aromatic rings. The van der Waals surface area contributed by atoms with E-state index >= 15 is 0 Å². The number of aliphatic hydroxyl groups is 1. The standard InChI is InChI=1S/C15H25NO3/c1-5-16(10-11-19-6-2)13-8-7-9-14(18-4)15(13)12(3)17/h7-9,12,17H,5-6,10-11H2,1-4H3/t12-/m1/s1. The molecule has 1 N–H and O–H groups in total. The Kier molecular flexibility index (Phi) is 6.67. The number of likely N-dealkylation sites (N-methyl/N-ethyl adjacent to an activating group) is 1. The number of methoxy groups -OCH3 is 1. The van der Waals surface area contributed by atoms with E-state index in [-0.39, 0.29) is 0 Å². The van der Waals surface area contributed by atoms with Crippen LogP contribution in [0.5, 0.6) is 5.75 Å². The van der Waals surface area contributed by atoms with Gasteiger partial charge in [0.1, 0.15) is 5.75 Å². The molecule has 108 valence electrons. The van der Waals surface area contributed by atoms with Gasteiger partial charge in [0.05, 0.1) is 19.8 Å². The number of aliphatic hydroxyl groups excluding tert-OH is 1. The molecule has 0 saturated heterocycles. The van der Waals surface area contributed by atoms with Gasteiger partial charge in [-0.05, 0) is 32.9 Å². The van der Waals surface area contributed by atoms with Gasteiger partial charge >= 0.3 is 0 Å². The monoisotopic (exact) mass is 267 g/mol. The van der Waals surface area contributed by atoms with Gasteiger partial charge in [0.25, 0.3) is 0 Å². The van der Waals surface area contributed by atoms with E-state index in [0.29, 0.717) is 6.61 Å². The van der Waals surface area contributed by atoms with E-state index < -0.39 is 6.10 Å². The zero-order chi connectivity index (χ0) is 14.3. The Balaban J connectivity index is 3.01. The second-order valence-corrected chi connectivity index (χ2v) is 4.35. The van der Waals surface area contributed by atoms with Crippen molar-refractivity contribution in [1.82, 2.24) is 0 Å². The van der Waals surface area contributed by atoms with E-state index in [9.17, 15) is 5.11 Å². The van der Waals surface area contributed by atoms with Crippen LogP contribution < -0.4 is 9.64 Å². The molecule has 0 aromatic heterocycles. The summed E-state index contributed by atoms with van der Waals surface area (Å²) in [4.78, 5) is 2.19. The van der Waals surface area contributed by atoms with Gasteiger partial charge in [-0.3, -0.25) is 0 Å². The fourth-order valence-electron chi connectivity index (χ4n) is 2.17. The van der Waals surface area contributed by atoms with E-state index in [1.165, 1.54) is 0 Å². The van der Waals surface area contributed by atoms with Gasteiger partial charge < -0.3 is 19.5 Å². The maximum atomic E-state index is 9.99. The summed E-state index contributed by atoms with van der Waals surface area (Å²) in [7, 11) is 1.63. The predicted molar refractivity (Wildman–Crippen MR) is 78.0 cm³/mol. The van der Waals surface area contributed by atoms with Gasteiger partial charge in [-0.1, -0.05) is 6.07 Å². The number of benzene rings is 1. The summed E-state index contributed by atoms with van der Waals surface area (Å²) in [5.74, 6) is 0.724. The Morgan fingerprint density at radius 3 is 2.58 bits per heavy atom. The second kappa shape index (κ2) is 8.02. The van der Waals surface area contributed by atoms with Crippen LogP contribution in [0, 0.1) is 0 Å². The van der Waals surface area contributed by atoms with Gasteiger partial charge in [-0.15, -0.1) is 0 Å². The first kappa shape index (κ1) is 15.8. The minimum Gasteiger partial charge on any atom is -0.496 e. The molecule has 4 nitrogen and oxygen atoms in total. The van der Waals surface area contributed by atoms with E-state index in [1.54, 1.807) is 14.0 Å². The third-order valence-electron chi connectivity index (χ3n) is 3.11. The molecule has 0 aliphatic rings. The van der Waals surface area contributed by atoms with Crippen molar-refractivity contribution in [3.05, 3.63) is 23.8 Å². The molecule has 19 heavy (non-hydrogen) atoms.